The first-order valence-corrected chi connectivity index (χ1v) is 7.99. The molecule has 0 amide bonds. The zero-order valence-corrected chi connectivity index (χ0v) is 12.4. The van der Waals surface area contributed by atoms with Crippen LogP contribution in [0.2, 0.25) is 0 Å². The number of anilines is 1. The van der Waals surface area contributed by atoms with E-state index in [2.05, 4.69) is 13.0 Å². The first-order valence-electron chi connectivity index (χ1n) is 6.02. The van der Waals surface area contributed by atoms with E-state index in [0.29, 0.717) is 0 Å². The molecule has 0 atom stereocenters. The van der Waals surface area contributed by atoms with Crippen molar-refractivity contribution in [2.45, 2.75) is 16.7 Å². The predicted molar refractivity (Wildman–Crippen MR) is 83.4 cm³/mol. The van der Waals surface area contributed by atoms with Gasteiger partial charge in [0.05, 0.1) is 0 Å². The van der Waals surface area contributed by atoms with Crippen molar-refractivity contribution in [3.63, 3.8) is 0 Å². The van der Waals surface area contributed by atoms with Crippen LogP contribution < -0.4 is 5.73 Å². The molecule has 0 aliphatic rings. The van der Waals surface area contributed by atoms with E-state index in [0.717, 1.165) is 22.1 Å². The van der Waals surface area contributed by atoms with Crippen molar-refractivity contribution >= 4 is 29.2 Å². The molecular formula is C15H16FNS2. The van der Waals surface area contributed by atoms with Crippen molar-refractivity contribution in [3.8, 4) is 0 Å². The van der Waals surface area contributed by atoms with Crippen molar-refractivity contribution in [3.05, 3.63) is 53.8 Å². The van der Waals surface area contributed by atoms with Gasteiger partial charge in [-0.3, -0.25) is 0 Å². The summed E-state index contributed by atoms with van der Waals surface area (Å²) in [6, 6.07) is 12.6. The van der Waals surface area contributed by atoms with Gasteiger partial charge in [-0.2, -0.15) is 0 Å². The van der Waals surface area contributed by atoms with Gasteiger partial charge in [-0.25, -0.2) is 4.39 Å². The third-order valence-corrected chi connectivity index (χ3v) is 5.07. The molecule has 0 heterocycles. The molecule has 0 spiro atoms. The fourth-order valence-electron chi connectivity index (χ4n) is 1.68. The lowest BCUT2D eigenvalue weighted by atomic mass is 10.2. The molecule has 0 saturated carbocycles. The summed E-state index contributed by atoms with van der Waals surface area (Å²) < 4.78 is 12.7. The van der Waals surface area contributed by atoms with Gasteiger partial charge < -0.3 is 5.73 Å². The minimum absolute atomic E-state index is 0.184. The molecule has 0 fully saturated rings. The van der Waals surface area contributed by atoms with Crippen LogP contribution in [0.1, 0.15) is 5.56 Å². The Balaban J connectivity index is 1.79. The number of halogens is 1. The second-order valence-electron chi connectivity index (χ2n) is 4.18. The van der Waals surface area contributed by atoms with Crippen molar-refractivity contribution in [2.75, 3.05) is 17.2 Å². The smallest absolute Gasteiger partial charge is 0.123 e. The average molecular weight is 293 g/mol. The summed E-state index contributed by atoms with van der Waals surface area (Å²) in [5.74, 6) is 1.84. The van der Waals surface area contributed by atoms with Gasteiger partial charge in [0.2, 0.25) is 0 Å². The van der Waals surface area contributed by atoms with E-state index in [1.165, 1.54) is 22.6 Å². The quantitative estimate of drug-likeness (QED) is 0.495. The maximum absolute atomic E-state index is 12.7. The largest absolute Gasteiger partial charge is 0.399 e. The van der Waals surface area contributed by atoms with Crippen molar-refractivity contribution < 1.29 is 4.39 Å². The van der Waals surface area contributed by atoms with Crippen molar-refractivity contribution in [1.29, 1.82) is 0 Å². The maximum atomic E-state index is 12.7. The number of hydrogen-bond acceptors (Lipinski definition) is 3. The van der Waals surface area contributed by atoms with E-state index in [-0.39, 0.29) is 5.82 Å². The lowest BCUT2D eigenvalue weighted by Crippen LogP contribution is -1.89. The molecule has 2 aromatic rings. The van der Waals surface area contributed by atoms with E-state index in [4.69, 9.17) is 5.73 Å². The minimum atomic E-state index is -0.184. The molecule has 4 heteroatoms. The molecule has 0 aromatic heterocycles. The standard InChI is InChI=1S/C15H16FNS2/c1-11-10-13(17)4-7-15(11)19-9-8-18-14-5-2-12(16)3-6-14/h2-7,10H,8-9,17H2,1H3. The highest BCUT2D eigenvalue weighted by Crippen LogP contribution is 2.26. The predicted octanol–water partition coefficient (Wildman–Crippen LogP) is 4.60. The number of nitrogen functional groups attached to an aromatic ring is 1. The SMILES string of the molecule is Cc1cc(N)ccc1SCCSc1ccc(F)cc1. The summed E-state index contributed by atoms with van der Waals surface area (Å²) in [5.41, 5.74) is 7.75. The van der Waals surface area contributed by atoms with Crippen molar-refractivity contribution in [1.82, 2.24) is 0 Å². The molecule has 1 nitrogen and oxygen atoms in total. The number of benzene rings is 2. The first kappa shape index (κ1) is 14.3. The topological polar surface area (TPSA) is 26.0 Å². The van der Waals surface area contributed by atoms with Gasteiger partial charge in [-0.05, 0) is 55.0 Å². The number of aryl methyl sites for hydroxylation is 1. The van der Waals surface area contributed by atoms with Crippen molar-refractivity contribution in [2.24, 2.45) is 0 Å². The monoisotopic (exact) mass is 293 g/mol. The lowest BCUT2D eigenvalue weighted by Gasteiger charge is -2.06. The van der Waals surface area contributed by atoms with E-state index in [1.54, 1.807) is 11.8 Å². The molecule has 2 rings (SSSR count). The molecule has 19 heavy (non-hydrogen) atoms. The molecule has 0 bridgehead atoms. The van der Waals surface area contributed by atoms with Crippen LogP contribution in [-0.4, -0.2) is 11.5 Å². The van der Waals surface area contributed by atoms with E-state index in [1.807, 2.05) is 36.0 Å². The van der Waals surface area contributed by atoms with E-state index in [9.17, 15) is 4.39 Å². The van der Waals surface area contributed by atoms with Crippen LogP contribution in [0.4, 0.5) is 10.1 Å². The Kier molecular flexibility index (Phi) is 5.16. The molecule has 2 aromatic carbocycles. The Labute approximate surface area is 121 Å². The highest BCUT2D eigenvalue weighted by Gasteiger charge is 2.00. The fraction of sp³-hybridized carbons (Fsp3) is 0.200. The van der Waals surface area contributed by atoms with Gasteiger partial charge in [-0.15, -0.1) is 23.5 Å². The maximum Gasteiger partial charge on any atom is 0.123 e. The molecule has 0 saturated heterocycles. The van der Waals surface area contributed by atoms with Crippen LogP contribution in [0.25, 0.3) is 0 Å². The number of thioether (sulfide) groups is 2. The average Bonchev–Trinajstić information content (AvgIpc) is 2.39. The summed E-state index contributed by atoms with van der Waals surface area (Å²) in [4.78, 5) is 2.38. The van der Waals surface area contributed by atoms with Crippen LogP contribution in [0.15, 0.2) is 52.3 Å². The minimum Gasteiger partial charge on any atom is -0.399 e. The normalized spacial score (nSPS) is 10.6. The van der Waals surface area contributed by atoms with Gasteiger partial charge in [0, 0.05) is 27.0 Å². The third kappa shape index (κ3) is 4.48. The number of nitrogens with two attached hydrogens (primary N) is 1. The molecule has 0 unspecified atom stereocenters. The highest BCUT2D eigenvalue weighted by atomic mass is 32.2. The Hall–Kier alpha value is -1.13. The van der Waals surface area contributed by atoms with Crippen LogP contribution in [-0.2, 0) is 0 Å². The Morgan fingerprint density at radius 1 is 1.00 bits per heavy atom. The highest BCUT2D eigenvalue weighted by molar-refractivity contribution is 8.03. The molecular weight excluding hydrogens is 277 g/mol. The molecule has 100 valence electrons. The zero-order chi connectivity index (χ0) is 13.7. The summed E-state index contributed by atoms with van der Waals surface area (Å²) >= 11 is 3.57. The summed E-state index contributed by atoms with van der Waals surface area (Å²) in [5, 5.41) is 0. The van der Waals surface area contributed by atoms with Crippen LogP contribution in [0, 0.1) is 12.7 Å². The second kappa shape index (κ2) is 6.87. The van der Waals surface area contributed by atoms with Gasteiger partial charge in [0.15, 0.2) is 0 Å². The van der Waals surface area contributed by atoms with Crippen LogP contribution in [0.3, 0.4) is 0 Å². The van der Waals surface area contributed by atoms with Gasteiger partial charge in [-0.1, -0.05) is 0 Å². The zero-order valence-electron chi connectivity index (χ0n) is 10.7. The molecule has 0 radical (unpaired) electrons. The van der Waals surface area contributed by atoms with Crippen LogP contribution >= 0.6 is 23.5 Å². The summed E-state index contributed by atoms with van der Waals surface area (Å²) in [7, 11) is 0. The lowest BCUT2D eigenvalue weighted by molar-refractivity contribution is 0.626. The van der Waals surface area contributed by atoms with E-state index < -0.39 is 0 Å². The fourth-order valence-corrected chi connectivity index (χ4v) is 3.58. The van der Waals surface area contributed by atoms with E-state index >= 15 is 0 Å². The molecule has 0 aliphatic carbocycles. The second-order valence-corrected chi connectivity index (χ2v) is 6.48. The van der Waals surface area contributed by atoms with Gasteiger partial charge >= 0.3 is 0 Å². The molecule has 2 N–H and O–H groups in total. The number of rotatable bonds is 5. The first-order chi connectivity index (χ1) is 9.15. The summed E-state index contributed by atoms with van der Waals surface area (Å²) in [6.07, 6.45) is 0. The molecule has 0 aliphatic heterocycles. The van der Waals surface area contributed by atoms with Gasteiger partial charge in [0.1, 0.15) is 5.82 Å². The third-order valence-electron chi connectivity index (χ3n) is 2.62. The Morgan fingerprint density at radius 3 is 2.37 bits per heavy atom. The van der Waals surface area contributed by atoms with Crippen LogP contribution in [0.5, 0.6) is 0 Å². The summed E-state index contributed by atoms with van der Waals surface area (Å²) in [6.45, 7) is 2.08. The number of hydrogen-bond donors (Lipinski definition) is 1. The van der Waals surface area contributed by atoms with Gasteiger partial charge in [0.25, 0.3) is 0 Å². The Morgan fingerprint density at radius 2 is 1.68 bits per heavy atom. The Bertz CT molecular complexity index is 540.